The highest BCUT2D eigenvalue weighted by Crippen LogP contribution is 2.51. The Morgan fingerprint density at radius 1 is 1.21 bits per heavy atom. The van der Waals surface area contributed by atoms with Gasteiger partial charge < -0.3 is 18.9 Å². The molecule has 2 aliphatic rings. The van der Waals surface area contributed by atoms with Gasteiger partial charge in [0.1, 0.15) is 5.92 Å². The van der Waals surface area contributed by atoms with E-state index in [-0.39, 0.29) is 35.1 Å². The van der Waals surface area contributed by atoms with Crippen molar-refractivity contribution in [1.82, 2.24) is 0 Å². The summed E-state index contributed by atoms with van der Waals surface area (Å²) in [6.45, 7) is 3.03. The molecule has 0 spiro atoms. The van der Waals surface area contributed by atoms with Crippen LogP contribution >= 0.6 is 0 Å². The SMILES string of the molecule is COC(=O)C1=C(C)N=C(C)C(C(=O)OC)C1c1c([N+](=O)[O-])ccc2c1OCO2. The van der Waals surface area contributed by atoms with Crippen molar-refractivity contribution in [1.29, 1.82) is 0 Å². The van der Waals surface area contributed by atoms with Crippen LogP contribution in [0.2, 0.25) is 0 Å². The first kappa shape index (κ1) is 19.3. The summed E-state index contributed by atoms with van der Waals surface area (Å²) in [5, 5.41) is 11.7. The van der Waals surface area contributed by atoms with Crippen molar-refractivity contribution < 1.29 is 33.5 Å². The second kappa shape index (κ2) is 7.29. The zero-order valence-corrected chi connectivity index (χ0v) is 15.7. The number of hydrogen-bond acceptors (Lipinski definition) is 9. The number of benzene rings is 1. The van der Waals surface area contributed by atoms with Crippen LogP contribution in [0.5, 0.6) is 11.5 Å². The quantitative estimate of drug-likeness (QED) is 0.435. The molecule has 0 N–H and O–H groups in total. The number of esters is 2. The number of methoxy groups -OCH3 is 2. The van der Waals surface area contributed by atoms with Crippen LogP contribution in [-0.4, -0.2) is 43.6 Å². The van der Waals surface area contributed by atoms with Gasteiger partial charge in [0.15, 0.2) is 11.5 Å². The van der Waals surface area contributed by atoms with Gasteiger partial charge in [-0.05, 0) is 19.9 Å². The number of carbonyl (C=O) groups excluding carboxylic acids is 2. The Balaban J connectivity index is 2.36. The van der Waals surface area contributed by atoms with Crippen molar-refractivity contribution >= 4 is 23.3 Å². The first-order valence-corrected chi connectivity index (χ1v) is 8.30. The molecule has 0 bridgehead atoms. The molecule has 0 radical (unpaired) electrons. The zero-order valence-electron chi connectivity index (χ0n) is 15.7. The summed E-state index contributed by atoms with van der Waals surface area (Å²) in [7, 11) is 2.38. The molecule has 2 unspecified atom stereocenters. The molecule has 1 aromatic rings. The van der Waals surface area contributed by atoms with Gasteiger partial charge in [-0.3, -0.25) is 19.9 Å². The summed E-state index contributed by atoms with van der Waals surface area (Å²) in [6, 6.07) is 2.66. The van der Waals surface area contributed by atoms with E-state index in [1.54, 1.807) is 13.8 Å². The van der Waals surface area contributed by atoms with E-state index in [9.17, 15) is 19.7 Å². The normalized spacial score (nSPS) is 20.5. The van der Waals surface area contributed by atoms with Gasteiger partial charge >= 0.3 is 11.9 Å². The van der Waals surface area contributed by atoms with Gasteiger partial charge in [-0.1, -0.05) is 0 Å². The van der Waals surface area contributed by atoms with E-state index >= 15 is 0 Å². The molecule has 1 aromatic carbocycles. The predicted molar refractivity (Wildman–Crippen MR) is 95.3 cm³/mol. The number of hydrogen-bond donors (Lipinski definition) is 0. The molecule has 0 aromatic heterocycles. The number of rotatable bonds is 4. The Hall–Kier alpha value is -3.43. The standard InChI is InChI=1S/C18H18N2O8/c1-8-12(17(21)25-3)15(13(9(2)19-8)18(22)26-4)14-10(20(23)24)5-6-11-16(14)28-7-27-11/h5-6,12,15H,7H2,1-4H3. The Labute approximate surface area is 159 Å². The third-order valence-electron chi connectivity index (χ3n) is 4.75. The molecule has 0 amide bonds. The molecule has 10 heteroatoms. The van der Waals surface area contributed by atoms with E-state index in [0.717, 1.165) is 0 Å². The number of nitrogens with zero attached hydrogens (tertiary/aromatic N) is 2. The number of nitro groups is 1. The minimum atomic E-state index is -1.09. The van der Waals surface area contributed by atoms with E-state index in [2.05, 4.69) is 4.99 Å². The minimum absolute atomic E-state index is 0.0236. The second-order valence-electron chi connectivity index (χ2n) is 6.21. The molecule has 148 valence electrons. The molecule has 28 heavy (non-hydrogen) atoms. The van der Waals surface area contributed by atoms with Crippen molar-refractivity contribution in [2.45, 2.75) is 19.8 Å². The maximum absolute atomic E-state index is 12.6. The number of allylic oxidation sites excluding steroid dienone is 1. The smallest absolute Gasteiger partial charge is 0.336 e. The van der Waals surface area contributed by atoms with Gasteiger partial charge in [-0.15, -0.1) is 0 Å². The van der Waals surface area contributed by atoms with E-state index < -0.39 is 28.7 Å². The van der Waals surface area contributed by atoms with Crippen molar-refractivity contribution in [2.24, 2.45) is 10.9 Å². The first-order valence-electron chi connectivity index (χ1n) is 8.30. The third kappa shape index (κ3) is 2.96. The van der Waals surface area contributed by atoms with Crippen molar-refractivity contribution in [2.75, 3.05) is 21.0 Å². The number of ether oxygens (including phenoxy) is 4. The van der Waals surface area contributed by atoms with Crippen molar-refractivity contribution in [3.63, 3.8) is 0 Å². The van der Waals surface area contributed by atoms with E-state index in [1.165, 1.54) is 26.4 Å². The number of fused-ring (bicyclic) bond motifs is 1. The van der Waals surface area contributed by atoms with Crippen LogP contribution in [0.4, 0.5) is 5.69 Å². The molecule has 2 heterocycles. The third-order valence-corrected chi connectivity index (χ3v) is 4.75. The summed E-state index contributed by atoms with van der Waals surface area (Å²) in [4.78, 5) is 40.6. The zero-order chi connectivity index (χ0) is 20.6. The van der Waals surface area contributed by atoms with E-state index in [1.807, 2.05) is 0 Å². The largest absolute Gasteiger partial charge is 0.468 e. The fourth-order valence-corrected chi connectivity index (χ4v) is 3.60. The Kier molecular flexibility index (Phi) is 5.04. The molecular formula is C18H18N2O8. The topological polar surface area (TPSA) is 127 Å². The van der Waals surface area contributed by atoms with Crippen LogP contribution in [-0.2, 0) is 19.1 Å². The van der Waals surface area contributed by atoms with Gasteiger partial charge in [0.25, 0.3) is 5.69 Å². The summed E-state index contributed by atoms with van der Waals surface area (Å²) in [6.07, 6.45) is 0. The van der Waals surface area contributed by atoms with Crippen LogP contribution in [0.3, 0.4) is 0 Å². The molecule has 2 aliphatic heterocycles. The maximum atomic E-state index is 12.6. The van der Waals surface area contributed by atoms with Crippen LogP contribution in [0.15, 0.2) is 28.4 Å². The molecular weight excluding hydrogens is 372 g/mol. The first-order chi connectivity index (χ1) is 13.3. The fraction of sp³-hybridized carbons (Fsp3) is 0.389. The summed E-state index contributed by atoms with van der Waals surface area (Å²) < 4.78 is 20.6. The maximum Gasteiger partial charge on any atom is 0.336 e. The molecule has 0 saturated carbocycles. The van der Waals surface area contributed by atoms with Crippen molar-refractivity contribution in [3.8, 4) is 11.5 Å². The summed E-state index contributed by atoms with van der Waals surface area (Å²) in [5.41, 5.74) is 0.403. The van der Waals surface area contributed by atoms with Crippen LogP contribution < -0.4 is 9.47 Å². The Bertz CT molecular complexity index is 934. The highest BCUT2D eigenvalue weighted by atomic mass is 16.7. The lowest BCUT2D eigenvalue weighted by atomic mass is 9.74. The van der Waals surface area contributed by atoms with Gasteiger partial charge in [0, 0.05) is 23.4 Å². The average Bonchev–Trinajstić information content (AvgIpc) is 3.14. The minimum Gasteiger partial charge on any atom is -0.468 e. The molecule has 10 nitrogen and oxygen atoms in total. The average molecular weight is 390 g/mol. The highest BCUT2D eigenvalue weighted by Gasteiger charge is 2.47. The lowest BCUT2D eigenvalue weighted by Crippen LogP contribution is -2.36. The fourth-order valence-electron chi connectivity index (χ4n) is 3.60. The Morgan fingerprint density at radius 3 is 2.54 bits per heavy atom. The molecule has 0 aliphatic carbocycles. The van der Waals surface area contributed by atoms with Gasteiger partial charge in [0.05, 0.1) is 30.3 Å². The molecule has 3 rings (SSSR count). The molecule has 0 saturated heterocycles. The monoisotopic (exact) mass is 390 g/mol. The molecule has 0 fully saturated rings. The van der Waals surface area contributed by atoms with Crippen LogP contribution in [0.25, 0.3) is 0 Å². The number of carbonyl (C=O) groups is 2. The van der Waals surface area contributed by atoms with Gasteiger partial charge in [-0.25, -0.2) is 4.79 Å². The summed E-state index contributed by atoms with van der Waals surface area (Å²) >= 11 is 0. The van der Waals surface area contributed by atoms with E-state index in [4.69, 9.17) is 18.9 Å². The van der Waals surface area contributed by atoms with Gasteiger partial charge in [-0.2, -0.15) is 0 Å². The van der Waals surface area contributed by atoms with Crippen LogP contribution in [0.1, 0.15) is 25.3 Å². The lowest BCUT2D eigenvalue weighted by Gasteiger charge is -2.31. The lowest BCUT2D eigenvalue weighted by molar-refractivity contribution is -0.385. The van der Waals surface area contributed by atoms with Crippen LogP contribution in [0, 0.1) is 16.0 Å². The Morgan fingerprint density at radius 2 is 1.93 bits per heavy atom. The summed E-state index contributed by atoms with van der Waals surface area (Å²) in [5.74, 6) is -3.21. The predicted octanol–water partition coefficient (Wildman–Crippen LogP) is 2.12. The number of aliphatic imine (C=N–C) groups is 1. The second-order valence-corrected chi connectivity index (χ2v) is 6.21. The van der Waals surface area contributed by atoms with Gasteiger partial charge in [0.2, 0.25) is 6.79 Å². The number of nitro benzene ring substituents is 1. The van der Waals surface area contributed by atoms with Crippen molar-refractivity contribution in [3.05, 3.63) is 39.1 Å². The highest BCUT2D eigenvalue weighted by molar-refractivity contribution is 6.07. The molecule has 2 atom stereocenters. The van der Waals surface area contributed by atoms with E-state index in [0.29, 0.717) is 11.4 Å².